The van der Waals surface area contributed by atoms with Crippen LogP contribution in [0, 0.1) is 0 Å². The van der Waals surface area contributed by atoms with Gasteiger partial charge in [0.1, 0.15) is 11.4 Å². The van der Waals surface area contributed by atoms with E-state index in [9.17, 15) is 9.59 Å². The molecular weight excluding hydrogens is 304 g/mol. The van der Waals surface area contributed by atoms with E-state index in [1.807, 2.05) is 24.3 Å². The molecule has 24 heavy (non-hydrogen) atoms. The molecule has 5 heteroatoms. The predicted octanol–water partition coefficient (Wildman–Crippen LogP) is 3.81. The molecule has 1 N–H and O–H groups in total. The Morgan fingerprint density at radius 1 is 1.04 bits per heavy atom. The molecule has 0 fully saturated rings. The van der Waals surface area contributed by atoms with Crippen molar-refractivity contribution < 1.29 is 14.3 Å². The summed E-state index contributed by atoms with van der Waals surface area (Å²) in [6.45, 7) is 8.37. The number of carbonyl (C=O) groups excluding carboxylic acids is 2. The van der Waals surface area contributed by atoms with Gasteiger partial charge >= 0.3 is 5.97 Å². The lowest BCUT2D eigenvalue weighted by molar-refractivity contribution is 0.0519. The Labute approximate surface area is 142 Å². The zero-order valence-corrected chi connectivity index (χ0v) is 14.4. The normalized spacial score (nSPS) is 11.0. The fraction of sp³-hybridized carbons (Fsp3) is 0.316. The first kappa shape index (κ1) is 17.7. The molecule has 2 aromatic rings. The highest BCUT2D eigenvalue weighted by Gasteiger charge is 2.15. The third-order valence-electron chi connectivity index (χ3n) is 3.48. The van der Waals surface area contributed by atoms with Gasteiger partial charge in [0.2, 0.25) is 0 Å². The number of aromatic nitrogens is 1. The van der Waals surface area contributed by atoms with Gasteiger partial charge in [-0.05, 0) is 42.2 Å². The average Bonchev–Trinajstić information content (AvgIpc) is 2.55. The second kappa shape index (κ2) is 7.25. The Bertz CT molecular complexity index is 731. The Morgan fingerprint density at radius 3 is 2.25 bits per heavy atom. The lowest BCUT2D eigenvalue weighted by Gasteiger charge is -2.19. The Morgan fingerprint density at radius 2 is 1.67 bits per heavy atom. The molecule has 0 aliphatic rings. The molecule has 0 saturated heterocycles. The number of hydrogen-bond donors (Lipinski definition) is 1. The highest BCUT2D eigenvalue weighted by molar-refractivity contribution is 6.03. The largest absolute Gasteiger partial charge is 0.461 e. The Balaban J connectivity index is 2.12. The molecule has 0 saturated carbocycles. The first-order valence-electron chi connectivity index (χ1n) is 7.87. The van der Waals surface area contributed by atoms with Gasteiger partial charge in [0.15, 0.2) is 0 Å². The van der Waals surface area contributed by atoms with Gasteiger partial charge in [-0.3, -0.25) is 4.79 Å². The number of hydrogen-bond acceptors (Lipinski definition) is 4. The van der Waals surface area contributed by atoms with Crippen LogP contribution < -0.4 is 5.32 Å². The number of anilines is 1. The number of carbonyl (C=O) groups is 2. The first-order chi connectivity index (χ1) is 11.3. The van der Waals surface area contributed by atoms with Gasteiger partial charge in [-0.1, -0.05) is 39.0 Å². The van der Waals surface area contributed by atoms with Gasteiger partial charge in [0.05, 0.1) is 6.61 Å². The second-order valence-electron chi connectivity index (χ2n) is 6.41. The minimum absolute atomic E-state index is 0.0536. The van der Waals surface area contributed by atoms with E-state index < -0.39 is 5.97 Å². The summed E-state index contributed by atoms with van der Waals surface area (Å²) in [5, 5.41) is 2.78. The molecule has 1 aromatic heterocycles. The van der Waals surface area contributed by atoms with E-state index in [0.717, 1.165) is 0 Å². The fourth-order valence-electron chi connectivity index (χ4n) is 2.13. The van der Waals surface area contributed by atoms with Crippen molar-refractivity contribution in [3.8, 4) is 0 Å². The summed E-state index contributed by atoms with van der Waals surface area (Å²) < 4.78 is 4.89. The maximum Gasteiger partial charge on any atom is 0.356 e. The smallest absolute Gasteiger partial charge is 0.356 e. The molecule has 5 nitrogen and oxygen atoms in total. The number of nitrogens with zero attached hydrogens (tertiary/aromatic N) is 1. The number of benzene rings is 1. The summed E-state index contributed by atoms with van der Waals surface area (Å²) in [7, 11) is 0. The summed E-state index contributed by atoms with van der Waals surface area (Å²) >= 11 is 0. The highest BCUT2D eigenvalue weighted by Crippen LogP contribution is 2.23. The van der Waals surface area contributed by atoms with E-state index >= 15 is 0 Å². The van der Waals surface area contributed by atoms with Crippen LogP contribution in [0.1, 0.15) is 54.2 Å². The molecule has 0 bridgehead atoms. The monoisotopic (exact) mass is 326 g/mol. The van der Waals surface area contributed by atoms with Gasteiger partial charge < -0.3 is 10.1 Å². The zero-order valence-electron chi connectivity index (χ0n) is 14.4. The van der Waals surface area contributed by atoms with Crippen LogP contribution >= 0.6 is 0 Å². The van der Waals surface area contributed by atoms with Crippen molar-refractivity contribution in [3.63, 3.8) is 0 Å². The van der Waals surface area contributed by atoms with Crippen LogP contribution in [0.25, 0.3) is 0 Å². The summed E-state index contributed by atoms with van der Waals surface area (Å²) in [6.07, 6.45) is 0. The maximum absolute atomic E-state index is 12.3. The molecule has 1 amide bonds. The Kier molecular flexibility index (Phi) is 5.34. The molecular formula is C19H22N2O3. The van der Waals surface area contributed by atoms with Crippen LogP contribution in [0.4, 0.5) is 5.69 Å². The van der Waals surface area contributed by atoms with E-state index in [1.165, 1.54) is 11.6 Å². The number of rotatable bonds is 4. The predicted molar refractivity (Wildman–Crippen MR) is 93.3 cm³/mol. The fourth-order valence-corrected chi connectivity index (χ4v) is 2.13. The zero-order chi connectivity index (χ0) is 17.7. The van der Waals surface area contributed by atoms with Crippen molar-refractivity contribution in [2.24, 2.45) is 0 Å². The van der Waals surface area contributed by atoms with Gasteiger partial charge in [-0.15, -0.1) is 0 Å². The first-order valence-corrected chi connectivity index (χ1v) is 7.87. The van der Waals surface area contributed by atoms with Crippen molar-refractivity contribution in [2.75, 3.05) is 11.9 Å². The third kappa shape index (κ3) is 4.41. The van der Waals surface area contributed by atoms with Gasteiger partial charge in [0.25, 0.3) is 5.91 Å². The number of amides is 1. The standard InChI is InChI=1S/C19H22N2O3/c1-5-24-18(23)16-8-6-7-15(21-16)17(22)20-14-11-9-13(10-12-14)19(2,3)4/h6-12H,5H2,1-4H3,(H,20,22). The molecule has 1 aromatic carbocycles. The minimum Gasteiger partial charge on any atom is -0.461 e. The van der Waals surface area contributed by atoms with E-state index in [-0.39, 0.29) is 29.3 Å². The number of pyridine rings is 1. The molecule has 0 aliphatic heterocycles. The molecule has 0 atom stereocenters. The van der Waals surface area contributed by atoms with Crippen LogP contribution in [-0.2, 0) is 10.2 Å². The van der Waals surface area contributed by atoms with Crippen molar-refractivity contribution in [2.45, 2.75) is 33.1 Å². The van der Waals surface area contributed by atoms with Crippen LogP contribution in [0.5, 0.6) is 0 Å². The van der Waals surface area contributed by atoms with E-state index in [1.54, 1.807) is 19.1 Å². The average molecular weight is 326 g/mol. The third-order valence-corrected chi connectivity index (χ3v) is 3.48. The van der Waals surface area contributed by atoms with E-state index in [2.05, 4.69) is 31.1 Å². The molecule has 0 aliphatic carbocycles. The molecule has 126 valence electrons. The minimum atomic E-state index is -0.540. The van der Waals surface area contributed by atoms with Crippen LogP contribution in [0.15, 0.2) is 42.5 Å². The number of ether oxygens (including phenoxy) is 1. The Hall–Kier alpha value is -2.69. The quantitative estimate of drug-likeness (QED) is 0.868. The number of esters is 1. The summed E-state index contributed by atoms with van der Waals surface area (Å²) in [6, 6.07) is 12.4. The lowest BCUT2D eigenvalue weighted by atomic mass is 9.87. The number of nitrogens with one attached hydrogen (secondary N) is 1. The molecule has 0 spiro atoms. The van der Waals surface area contributed by atoms with E-state index in [0.29, 0.717) is 5.69 Å². The topological polar surface area (TPSA) is 68.3 Å². The lowest BCUT2D eigenvalue weighted by Crippen LogP contribution is -2.16. The van der Waals surface area contributed by atoms with Gasteiger partial charge in [-0.25, -0.2) is 9.78 Å². The molecule has 0 radical (unpaired) electrons. The van der Waals surface area contributed by atoms with Crippen LogP contribution in [-0.4, -0.2) is 23.5 Å². The second-order valence-corrected chi connectivity index (χ2v) is 6.41. The van der Waals surface area contributed by atoms with Crippen LogP contribution in [0.3, 0.4) is 0 Å². The molecule has 1 heterocycles. The van der Waals surface area contributed by atoms with Gasteiger partial charge in [-0.2, -0.15) is 0 Å². The molecule has 0 unspecified atom stereocenters. The van der Waals surface area contributed by atoms with Crippen molar-refractivity contribution in [1.29, 1.82) is 0 Å². The molecule has 2 rings (SSSR count). The summed E-state index contributed by atoms with van der Waals surface area (Å²) in [5.74, 6) is -0.911. The SMILES string of the molecule is CCOC(=O)c1cccc(C(=O)Nc2ccc(C(C)(C)C)cc2)n1. The van der Waals surface area contributed by atoms with Crippen LogP contribution in [0.2, 0.25) is 0 Å². The maximum atomic E-state index is 12.3. The summed E-state index contributed by atoms with van der Waals surface area (Å²) in [4.78, 5) is 28.1. The highest BCUT2D eigenvalue weighted by atomic mass is 16.5. The summed E-state index contributed by atoms with van der Waals surface area (Å²) in [5.41, 5.74) is 2.20. The van der Waals surface area contributed by atoms with Gasteiger partial charge in [0, 0.05) is 5.69 Å². The van der Waals surface area contributed by atoms with Crippen molar-refractivity contribution in [1.82, 2.24) is 4.98 Å². The van der Waals surface area contributed by atoms with Crippen molar-refractivity contribution in [3.05, 3.63) is 59.4 Å². The van der Waals surface area contributed by atoms with Crippen molar-refractivity contribution >= 4 is 17.6 Å². The van der Waals surface area contributed by atoms with E-state index in [4.69, 9.17) is 4.74 Å².